The molecule has 0 unspecified atom stereocenters. The van der Waals surface area contributed by atoms with E-state index in [2.05, 4.69) is 11.9 Å². The van der Waals surface area contributed by atoms with Gasteiger partial charge in [-0.05, 0) is 24.3 Å². The van der Waals surface area contributed by atoms with Crippen molar-refractivity contribution in [1.29, 1.82) is 0 Å². The summed E-state index contributed by atoms with van der Waals surface area (Å²) < 4.78 is 27.1. The molecule has 0 bridgehead atoms. The van der Waals surface area contributed by atoms with Crippen LogP contribution in [0.4, 0.5) is 0 Å². The molecule has 1 amide bonds. The number of halogens is 1. The van der Waals surface area contributed by atoms with Gasteiger partial charge in [0, 0.05) is 17.2 Å². The summed E-state index contributed by atoms with van der Waals surface area (Å²) in [6, 6.07) is 5.46. The van der Waals surface area contributed by atoms with Crippen LogP contribution in [0.15, 0.2) is 41.8 Å². The number of carbonyl (C=O) groups is 1. The minimum absolute atomic E-state index is 0.0207. The zero-order chi connectivity index (χ0) is 13.6. The Morgan fingerprint density at radius 1 is 1.39 bits per heavy atom. The van der Waals surface area contributed by atoms with Gasteiger partial charge in [-0.25, -0.2) is 8.42 Å². The average molecular weight is 290 g/mol. The first-order valence-corrected chi connectivity index (χ1v) is 7.29. The molecule has 0 heterocycles. The van der Waals surface area contributed by atoms with E-state index in [4.69, 9.17) is 15.4 Å². The Balaban J connectivity index is 2.54. The summed E-state index contributed by atoms with van der Waals surface area (Å²) in [6.45, 7) is 3.67. The van der Waals surface area contributed by atoms with Crippen LogP contribution < -0.4 is 10.1 Å². The molecule has 0 saturated carbocycles. The maximum Gasteiger partial charge on any atom is 0.261 e. The lowest BCUT2D eigenvalue weighted by atomic mass is 10.3. The van der Waals surface area contributed by atoms with Gasteiger partial charge in [0.15, 0.2) is 6.61 Å². The highest BCUT2D eigenvalue weighted by atomic mass is 35.7. The molecule has 1 aromatic carbocycles. The summed E-state index contributed by atoms with van der Waals surface area (Å²) in [7, 11) is 1.42. The molecule has 0 aliphatic heterocycles. The molecule has 0 fully saturated rings. The molecule has 0 spiro atoms. The van der Waals surface area contributed by atoms with Crippen molar-refractivity contribution in [3.63, 3.8) is 0 Å². The fraction of sp³-hybridized carbons (Fsp3) is 0.182. The fourth-order valence-electron chi connectivity index (χ4n) is 1.08. The maximum absolute atomic E-state index is 11.2. The minimum atomic E-state index is -3.74. The first kappa shape index (κ1) is 14.5. The summed E-state index contributed by atoms with van der Waals surface area (Å²) in [6.07, 6.45) is 1.55. The number of nitrogens with one attached hydrogen (secondary N) is 1. The minimum Gasteiger partial charge on any atom is -0.484 e. The zero-order valence-corrected chi connectivity index (χ0v) is 11.0. The molecule has 0 radical (unpaired) electrons. The Labute approximate surface area is 110 Å². The highest BCUT2D eigenvalue weighted by molar-refractivity contribution is 8.13. The third-order valence-electron chi connectivity index (χ3n) is 1.92. The van der Waals surface area contributed by atoms with Crippen molar-refractivity contribution in [1.82, 2.24) is 5.32 Å². The van der Waals surface area contributed by atoms with Gasteiger partial charge < -0.3 is 10.1 Å². The smallest absolute Gasteiger partial charge is 0.261 e. The van der Waals surface area contributed by atoms with E-state index in [1.807, 2.05) is 0 Å². The van der Waals surface area contributed by atoms with E-state index >= 15 is 0 Å². The second kappa shape index (κ2) is 6.42. The standard InChI is InChI=1S/C11H12ClNO4S/c1-2-7-13-11(14)8-17-9-3-5-10(6-4-9)18(12,15)16/h2-6H,1,7-8H2,(H,13,14). The van der Waals surface area contributed by atoms with Crippen LogP contribution in [0.5, 0.6) is 5.75 Å². The molecule has 0 aliphatic rings. The van der Waals surface area contributed by atoms with Crippen molar-refractivity contribution in [3.05, 3.63) is 36.9 Å². The molecule has 1 rings (SSSR count). The second-order valence-corrected chi connectivity index (χ2v) is 5.86. The largest absolute Gasteiger partial charge is 0.484 e. The Hall–Kier alpha value is -1.53. The lowest BCUT2D eigenvalue weighted by Crippen LogP contribution is -2.28. The van der Waals surface area contributed by atoms with Crippen LogP contribution >= 0.6 is 10.7 Å². The van der Waals surface area contributed by atoms with Crippen LogP contribution in [0.3, 0.4) is 0 Å². The van der Waals surface area contributed by atoms with Gasteiger partial charge in [-0.3, -0.25) is 4.79 Å². The molecule has 0 aromatic heterocycles. The van der Waals surface area contributed by atoms with E-state index in [1.54, 1.807) is 6.08 Å². The molecule has 0 saturated heterocycles. The number of ether oxygens (including phenoxy) is 1. The molecule has 1 N–H and O–H groups in total. The number of rotatable bonds is 6. The quantitative estimate of drug-likeness (QED) is 0.633. The van der Waals surface area contributed by atoms with Crippen LogP contribution in [-0.4, -0.2) is 27.5 Å². The lowest BCUT2D eigenvalue weighted by Gasteiger charge is -2.06. The van der Waals surface area contributed by atoms with Gasteiger partial charge in [0.1, 0.15) is 5.75 Å². The third kappa shape index (κ3) is 4.77. The molecule has 0 aliphatic carbocycles. The van der Waals surface area contributed by atoms with E-state index in [1.165, 1.54) is 24.3 Å². The maximum atomic E-state index is 11.2. The van der Waals surface area contributed by atoms with Crippen molar-refractivity contribution in [3.8, 4) is 5.75 Å². The third-order valence-corrected chi connectivity index (χ3v) is 3.29. The number of hydrogen-bond donors (Lipinski definition) is 1. The number of carbonyl (C=O) groups excluding carboxylic acids is 1. The molecule has 18 heavy (non-hydrogen) atoms. The summed E-state index contributed by atoms with van der Waals surface area (Å²) in [4.78, 5) is 11.2. The summed E-state index contributed by atoms with van der Waals surface area (Å²) in [5.74, 6) is 0.0942. The van der Waals surface area contributed by atoms with Crippen LogP contribution in [0.2, 0.25) is 0 Å². The van der Waals surface area contributed by atoms with Gasteiger partial charge in [0.25, 0.3) is 15.0 Å². The van der Waals surface area contributed by atoms with Crippen molar-refractivity contribution in [2.45, 2.75) is 4.90 Å². The van der Waals surface area contributed by atoms with Gasteiger partial charge in [0.05, 0.1) is 4.90 Å². The second-order valence-electron chi connectivity index (χ2n) is 3.29. The summed E-state index contributed by atoms with van der Waals surface area (Å²) in [5.41, 5.74) is 0. The van der Waals surface area contributed by atoms with E-state index in [-0.39, 0.29) is 17.4 Å². The average Bonchev–Trinajstić information content (AvgIpc) is 2.33. The topological polar surface area (TPSA) is 72.5 Å². The molecule has 7 heteroatoms. The highest BCUT2D eigenvalue weighted by Crippen LogP contribution is 2.18. The van der Waals surface area contributed by atoms with Crippen molar-refractivity contribution in [2.24, 2.45) is 0 Å². The number of benzene rings is 1. The summed E-state index contributed by atoms with van der Waals surface area (Å²) in [5, 5.41) is 2.54. The molecular formula is C11H12ClNO4S. The van der Waals surface area contributed by atoms with Gasteiger partial charge in [-0.1, -0.05) is 6.08 Å². The van der Waals surface area contributed by atoms with Crippen molar-refractivity contribution >= 4 is 25.6 Å². The molecule has 5 nitrogen and oxygen atoms in total. The van der Waals surface area contributed by atoms with Gasteiger partial charge in [-0.15, -0.1) is 6.58 Å². The van der Waals surface area contributed by atoms with Gasteiger partial charge in [-0.2, -0.15) is 0 Å². The molecular weight excluding hydrogens is 278 g/mol. The monoisotopic (exact) mass is 289 g/mol. The Morgan fingerprint density at radius 3 is 2.50 bits per heavy atom. The first-order valence-electron chi connectivity index (χ1n) is 4.98. The Kier molecular flexibility index (Phi) is 5.18. The first-order chi connectivity index (χ1) is 8.43. The molecule has 0 atom stereocenters. The van der Waals surface area contributed by atoms with Gasteiger partial charge >= 0.3 is 0 Å². The van der Waals surface area contributed by atoms with Crippen molar-refractivity contribution in [2.75, 3.05) is 13.2 Å². The Morgan fingerprint density at radius 2 is 2.00 bits per heavy atom. The Bertz CT molecular complexity index is 524. The molecule has 98 valence electrons. The van der Waals surface area contributed by atoms with E-state index in [9.17, 15) is 13.2 Å². The highest BCUT2D eigenvalue weighted by Gasteiger charge is 2.09. The predicted molar refractivity (Wildman–Crippen MR) is 68.2 cm³/mol. The van der Waals surface area contributed by atoms with E-state index in [0.29, 0.717) is 12.3 Å². The van der Waals surface area contributed by atoms with E-state index in [0.717, 1.165) is 0 Å². The fourth-order valence-corrected chi connectivity index (χ4v) is 1.85. The van der Waals surface area contributed by atoms with Crippen LogP contribution in [0.25, 0.3) is 0 Å². The summed E-state index contributed by atoms with van der Waals surface area (Å²) >= 11 is 0. The molecule has 1 aromatic rings. The predicted octanol–water partition coefficient (Wildman–Crippen LogP) is 1.30. The van der Waals surface area contributed by atoms with Crippen molar-refractivity contribution < 1.29 is 17.9 Å². The normalized spacial score (nSPS) is 10.7. The zero-order valence-electron chi connectivity index (χ0n) is 9.43. The van der Waals surface area contributed by atoms with E-state index < -0.39 is 9.05 Å². The lowest BCUT2D eigenvalue weighted by molar-refractivity contribution is -0.122. The van der Waals surface area contributed by atoms with Crippen LogP contribution in [0, 0.1) is 0 Å². The number of amides is 1. The SMILES string of the molecule is C=CCNC(=O)COc1ccc(S(=O)(=O)Cl)cc1. The van der Waals surface area contributed by atoms with Crippen LogP contribution in [0.1, 0.15) is 0 Å². The van der Waals surface area contributed by atoms with Crippen LogP contribution in [-0.2, 0) is 13.8 Å². The number of hydrogen-bond acceptors (Lipinski definition) is 4. The van der Waals surface area contributed by atoms with Gasteiger partial charge in [0.2, 0.25) is 0 Å².